The second-order valence-corrected chi connectivity index (χ2v) is 8.54. The van der Waals surface area contributed by atoms with Crippen LogP contribution in [0.25, 0.3) is 0 Å². The first-order valence-corrected chi connectivity index (χ1v) is 10.2. The number of hydrogen-bond acceptors (Lipinski definition) is 3. The van der Waals surface area contributed by atoms with Crippen molar-refractivity contribution in [1.82, 2.24) is 4.90 Å². The van der Waals surface area contributed by atoms with E-state index in [1.165, 1.54) is 4.90 Å². The minimum Gasteiger partial charge on any atom is -0.326 e. The number of hydrogen-bond donors (Lipinski definition) is 2. The van der Waals surface area contributed by atoms with Gasteiger partial charge in [-0.3, -0.25) is 19.3 Å². The number of nitrogens with two attached hydrogens (primary N) is 1. The van der Waals surface area contributed by atoms with E-state index in [-0.39, 0.29) is 23.8 Å². The van der Waals surface area contributed by atoms with Crippen molar-refractivity contribution in [3.8, 4) is 0 Å². The van der Waals surface area contributed by atoms with Crippen LogP contribution >= 0.6 is 11.6 Å². The maximum Gasteiger partial charge on any atom is 0.291 e. The number of anilines is 1. The number of quaternary nitrogens is 1. The van der Waals surface area contributed by atoms with Crippen LogP contribution in [0.2, 0.25) is 5.02 Å². The Labute approximate surface area is 173 Å². The normalized spacial score (nSPS) is 30.1. The number of amides is 3. The summed E-state index contributed by atoms with van der Waals surface area (Å²) in [4.78, 5) is 41.1. The zero-order valence-corrected chi connectivity index (χ0v) is 16.6. The summed E-state index contributed by atoms with van der Waals surface area (Å²) in [5.74, 6) is -1.94. The predicted molar refractivity (Wildman–Crippen MR) is 107 cm³/mol. The first-order valence-electron chi connectivity index (χ1n) is 9.80. The number of carbonyl (C=O) groups excluding carboxylic acids is 3. The number of likely N-dealkylation sites (tertiary alicyclic amines) is 1. The molecule has 0 unspecified atom stereocenters. The number of halogens is 1. The molecule has 3 N–H and O–H groups in total. The lowest BCUT2D eigenvalue weighted by Crippen LogP contribution is -2.98. The van der Waals surface area contributed by atoms with E-state index < -0.39 is 17.4 Å². The predicted octanol–water partition coefficient (Wildman–Crippen LogP) is 1.30. The van der Waals surface area contributed by atoms with E-state index in [1.54, 1.807) is 18.2 Å². The number of nitrogens with zero attached hydrogens (tertiary/aromatic N) is 1. The Morgan fingerprint density at radius 3 is 2.62 bits per heavy atom. The second kappa shape index (κ2) is 6.40. The van der Waals surface area contributed by atoms with Crippen molar-refractivity contribution in [1.29, 1.82) is 0 Å². The Bertz CT molecular complexity index is 1040. The Hall–Kier alpha value is -2.70. The molecule has 6 nitrogen and oxygen atoms in total. The van der Waals surface area contributed by atoms with E-state index >= 15 is 0 Å². The number of imide groups is 1. The lowest BCUT2D eigenvalue weighted by Gasteiger charge is -2.26. The lowest BCUT2D eigenvalue weighted by molar-refractivity contribution is -0.730. The van der Waals surface area contributed by atoms with Gasteiger partial charge in [-0.05, 0) is 37.1 Å². The molecule has 0 bridgehead atoms. The van der Waals surface area contributed by atoms with E-state index in [0.29, 0.717) is 29.2 Å². The van der Waals surface area contributed by atoms with Gasteiger partial charge in [0.05, 0.1) is 11.7 Å². The molecule has 29 heavy (non-hydrogen) atoms. The molecular weight excluding hydrogens is 390 g/mol. The number of benzene rings is 2. The van der Waals surface area contributed by atoms with E-state index in [2.05, 4.69) is 5.32 Å². The van der Waals surface area contributed by atoms with Crippen LogP contribution in [0.1, 0.15) is 18.1 Å². The van der Waals surface area contributed by atoms with Crippen molar-refractivity contribution in [2.24, 2.45) is 11.8 Å². The quantitative estimate of drug-likeness (QED) is 0.748. The summed E-state index contributed by atoms with van der Waals surface area (Å²) in [6.07, 6.45) is 0.595. The summed E-state index contributed by atoms with van der Waals surface area (Å²) >= 11 is 6.21. The minimum absolute atomic E-state index is 0.181. The number of nitrogens with one attached hydrogen (secondary N) is 1. The molecule has 0 radical (unpaired) electrons. The van der Waals surface area contributed by atoms with Crippen LogP contribution in [-0.4, -0.2) is 35.2 Å². The van der Waals surface area contributed by atoms with Gasteiger partial charge in [0.15, 0.2) is 0 Å². The molecule has 3 heterocycles. The largest absolute Gasteiger partial charge is 0.326 e. The molecule has 0 aliphatic carbocycles. The monoisotopic (exact) mass is 410 g/mol. The highest BCUT2D eigenvalue weighted by Gasteiger charge is 2.73. The highest BCUT2D eigenvalue weighted by atomic mass is 35.5. The fourth-order valence-electron chi connectivity index (χ4n) is 5.28. The molecular formula is C22H21ClN3O3+. The Morgan fingerprint density at radius 1 is 1.10 bits per heavy atom. The molecule has 3 aliphatic rings. The van der Waals surface area contributed by atoms with Gasteiger partial charge in [0.1, 0.15) is 11.8 Å². The Morgan fingerprint density at radius 2 is 1.86 bits per heavy atom. The average molecular weight is 411 g/mol. The SMILES string of the molecule is C[C@@H]1[NH2+][C@@]2(C(=O)Nc3ccc(Cl)cc32)[C@@H]2C(=O)N(CCc3ccccc3)C(=O)[C@H]12. The average Bonchev–Trinajstić information content (AvgIpc) is 3.26. The summed E-state index contributed by atoms with van der Waals surface area (Å²) in [6, 6.07) is 14.8. The van der Waals surface area contributed by atoms with E-state index in [9.17, 15) is 14.4 Å². The molecule has 3 aliphatic heterocycles. The van der Waals surface area contributed by atoms with Crippen LogP contribution in [0.4, 0.5) is 5.69 Å². The fraction of sp³-hybridized carbons (Fsp3) is 0.318. The topological polar surface area (TPSA) is 83.1 Å². The molecule has 0 saturated carbocycles. The highest BCUT2D eigenvalue weighted by molar-refractivity contribution is 6.31. The highest BCUT2D eigenvalue weighted by Crippen LogP contribution is 2.49. The first-order chi connectivity index (χ1) is 13.9. The van der Waals surface area contributed by atoms with Crippen molar-refractivity contribution in [2.45, 2.75) is 24.9 Å². The van der Waals surface area contributed by atoms with Crippen molar-refractivity contribution in [3.05, 3.63) is 64.7 Å². The standard InChI is InChI=1S/C22H20ClN3O3/c1-12-17-18(20(28)26(19(17)27)10-9-13-5-3-2-4-6-13)22(25-12)15-11-14(23)7-8-16(15)24-21(22)29/h2-8,11-12,17-18,25H,9-10H2,1H3,(H,24,29)/p+1/t12-,17+,18-,22+/m0/s1. The van der Waals surface area contributed by atoms with Gasteiger partial charge in [0, 0.05) is 17.1 Å². The summed E-state index contributed by atoms with van der Waals surface area (Å²) in [6.45, 7) is 2.23. The van der Waals surface area contributed by atoms with Gasteiger partial charge in [-0.15, -0.1) is 0 Å². The molecule has 1 spiro atoms. The van der Waals surface area contributed by atoms with Crippen molar-refractivity contribution in [3.63, 3.8) is 0 Å². The first kappa shape index (κ1) is 18.3. The summed E-state index contributed by atoms with van der Waals surface area (Å²) < 4.78 is 0. The zero-order valence-electron chi connectivity index (χ0n) is 15.9. The van der Waals surface area contributed by atoms with Gasteiger partial charge in [0.2, 0.25) is 17.4 Å². The molecule has 3 amide bonds. The molecule has 148 valence electrons. The molecule has 4 atom stereocenters. The van der Waals surface area contributed by atoms with Crippen molar-refractivity contribution >= 4 is 35.0 Å². The van der Waals surface area contributed by atoms with Gasteiger partial charge in [0.25, 0.3) is 5.91 Å². The van der Waals surface area contributed by atoms with Crippen LogP contribution in [0.15, 0.2) is 48.5 Å². The third kappa shape index (κ3) is 2.49. The Kier molecular flexibility index (Phi) is 4.05. The van der Waals surface area contributed by atoms with Crippen LogP contribution < -0.4 is 10.6 Å². The van der Waals surface area contributed by atoms with Crippen LogP contribution in [0.5, 0.6) is 0 Å². The molecule has 7 heteroatoms. The molecule has 2 aromatic rings. The zero-order chi connectivity index (χ0) is 20.3. The Balaban J connectivity index is 1.52. The smallest absolute Gasteiger partial charge is 0.291 e. The van der Waals surface area contributed by atoms with E-state index in [0.717, 1.165) is 5.56 Å². The fourth-order valence-corrected chi connectivity index (χ4v) is 5.45. The van der Waals surface area contributed by atoms with Gasteiger partial charge >= 0.3 is 0 Å². The van der Waals surface area contributed by atoms with Crippen LogP contribution in [0, 0.1) is 11.8 Å². The van der Waals surface area contributed by atoms with Gasteiger partial charge in [-0.2, -0.15) is 0 Å². The van der Waals surface area contributed by atoms with E-state index in [4.69, 9.17) is 11.6 Å². The molecule has 2 fully saturated rings. The van der Waals surface area contributed by atoms with Crippen molar-refractivity contribution in [2.75, 3.05) is 11.9 Å². The van der Waals surface area contributed by atoms with Crippen LogP contribution in [-0.2, 0) is 26.3 Å². The third-order valence-corrected chi connectivity index (χ3v) is 6.78. The lowest BCUT2D eigenvalue weighted by atomic mass is 9.76. The van der Waals surface area contributed by atoms with Crippen LogP contribution in [0.3, 0.4) is 0 Å². The van der Waals surface area contributed by atoms with Crippen molar-refractivity contribution < 1.29 is 19.7 Å². The number of rotatable bonds is 3. The third-order valence-electron chi connectivity index (χ3n) is 6.54. The molecule has 2 aromatic carbocycles. The maximum atomic E-state index is 13.4. The van der Waals surface area contributed by atoms with Gasteiger partial charge in [-0.25, -0.2) is 0 Å². The number of carbonyl (C=O) groups is 3. The van der Waals surface area contributed by atoms with Gasteiger partial charge in [-0.1, -0.05) is 41.9 Å². The maximum absolute atomic E-state index is 13.4. The molecule has 5 rings (SSSR count). The summed E-state index contributed by atoms with van der Waals surface area (Å²) in [7, 11) is 0. The molecule has 0 aromatic heterocycles. The summed E-state index contributed by atoms with van der Waals surface area (Å²) in [5.41, 5.74) is 1.28. The second-order valence-electron chi connectivity index (χ2n) is 8.11. The minimum atomic E-state index is -1.14. The molecule has 2 saturated heterocycles. The summed E-state index contributed by atoms with van der Waals surface area (Å²) in [5, 5.41) is 5.27. The van der Waals surface area contributed by atoms with Gasteiger partial charge < -0.3 is 10.6 Å². The van der Waals surface area contributed by atoms with E-state index in [1.807, 2.05) is 42.6 Å². The number of fused-ring (bicyclic) bond motifs is 4.